The Bertz CT molecular complexity index is 851. The number of nitrogens with zero attached hydrogens (tertiary/aromatic N) is 8. The van der Waals surface area contributed by atoms with Gasteiger partial charge in [0.05, 0.1) is 30.3 Å². The van der Waals surface area contributed by atoms with Gasteiger partial charge in [-0.15, -0.1) is 0 Å². The Hall–Kier alpha value is -3.04. The molecule has 2 aromatic rings. The maximum atomic E-state index is 12.7. The monoisotopic (exact) mass is 387 g/mol. The first-order valence-electron chi connectivity index (χ1n) is 9.41. The molecule has 10 nitrogen and oxygen atoms in total. The van der Waals surface area contributed by atoms with Gasteiger partial charge in [-0.25, -0.2) is 9.98 Å². The van der Waals surface area contributed by atoms with Gasteiger partial charge in [0.1, 0.15) is 6.54 Å². The summed E-state index contributed by atoms with van der Waals surface area (Å²) in [5.41, 5.74) is 1.85. The number of aryl methyl sites for hydroxylation is 1. The van der Waals surface area contributed by atoms with Crippen molar-refractivity contribution < 1.29 is 4.79 Å². The van der Waals surface area contributed by atoms with Crippen molar-refractivity contribution in [2.24, 2.45) is 19.1 Å². The fourth-order valence-electron chi connectivity index (χ4n) is 3.25. The molecule has 152 valence electrons. The van der Waals surface area contributed by atoms with E-state index in [0.717, 1.165) is 29.8 Å². The van der Waals surface area contributed by atoms with E-state index < -0.39 is 0 Å². The third-order valence-corrected chi connectivity index (χ3v) is 4.71. The summed E-state index contributed by atoms with van der Waals surface area (Å²) in [5.74, 6) is 1.67. The lowest BCUT2D eigenvalue weighted by molar-refractivity contribution is -0.120. The molecule has 1 aliphatic heterocycles. The lowest BCUT2D eigenvalue weighted by atomic mass is 10.3. The third-order valence-electron chi connectivity index (χ3n) is 4.71. The van der Waals surface area contributed by atoms with Crippen LogP contribution in [0.5, 0.6) is 0 Å². The van der Waals surface area contributed by atoms with Crippen LogP contribution in [-0.2, 0) is 25.4 Å². The van der Waals surface area contributed by atoms with Crippen LogP contribution in [0.4, 0.5) is 11.6 Å². The van der Waals surface area contributed by atoms with Gasteiger partial charge in [0.2, 0.25) is 11.9 Å². The molecule has 1 aliphatic rings. The third kappa shape index (κ3) is 4.10. The first kappa shape index (κ1) is 19.7. The van der Waals surface area contributed by atoms with Gasteiger partial charge in [0, 0.05) is 54.0 Å². The van der Waals surface area contributed by atoms with E-state index in [1.165, 1.54) is 0 Å². The van der Waals surface area contributed by atoms with Crippen molar-refractivity contribution >= 4 is 23.5 Å². The Balaban J connectivity index is 1.70. The number of hydrogen-bond donors (Lipinski definition) is 1. The number of carbonyl (C=O) groups excluding carboxylic acids is 1. The number of amides is 1. The second kappa shape index (κ2) is 8.32. The summed E-state index contributed by atoms with van der Waals surface area (Å²) in [5, 5.41) is 7.46. The smallest absolute Gasteiger partial charge is 0.246 e. The molecule has 1 amide bonds. The number of anilines is 2. The molecule has 28 heavy (non-hydrogen) atoms. The molecule has 2 aromatic heterocycles. The standard InChI is InChI=1S/C18H29N9O/c1-6-19-17(20-9-14-10-21-18(23(2)3)25(14)5)26-7-8-27(16(28)13-26)15-11-22-24(4)12-15/h10-12H,6-9,13H2,1-5H3,(H,19,20). The van der Waals surface area contributed by atoms with E-state index in [1.54, 1.807) is 15.8 Å². The summed E-state index contributed by atoms with van der Waals surface area (Å²) in [6.07, 6.45) is 5.42. The molecule has 1 fully saturated rings. The van der Waals surface area contributed by atoms with Gasteiger partial charge in [-0.3, -0.25) is 9.48 Å². The van der Waals surface area contributed by atoms with Crippen LogP contribution < -0.4 is 15.1 Å². The molecule has 1 N–H and O–H groups in total. The average Bonchev–Trinajstić information content (AvgIpc) is 3.24. The van der Waals surface area contributed by atoms with Crippen molar-refractivity contribution in [2.45, 2.75) is 13.5 Å². The summed E-state index contributed by atoms with van der Waals surface area (Å²) in [4.78, 5) is 27.6. The van der Waals surface area contributed by atoms with Crippen molar-refractivity contribution in [3.8, 4) is 0 Å². The molecule has 10 heteroatoms. The second-order valence-electron chi connectivity index (χ2n) is 7.01. The van der Waals surface area contributed by atoms with Crippen molar-refractivity contribution in [1.29, 1.82) is 0 Å². The normalized spacial score (nSPS) is 15.3. The second-order valence-corrected chi connectivity index (χ2v) is 7.01. The number of carbonyl (C=O) groups is 1. The summed E-state index contributed by atoms with van der Waals surface area (Å²) >= 11 is 0. The zero-order valence-electron chi connectivity index (χ0n) is 17.3. The van der Waals surface area contributed by atoms with Gasteiger partial charge in [0.15, 0.2) is 5.96 Å². The maximum Gasteiger partial charge on any atom is 0.246 e. The molecule has 0 saturated carbocycles. The molecule has 0 aliphatic carbocycles. The number of rotatable bonds is 5. The molecule has 0 radical (unpaired) electrons. The fraction of sp³-hybridized carbons (Fsp3) is 0.556. The van der Waals surface area contributed by atoms with E-state index in [4.69, 9.17) is 4.99 Å². The van der Waals surface area contributed by atoms with E-state index in [9.17, 15) is 4.79 Å². The lowest BCUT2D eigenvalue weighted by Gasteiger charge is -2.35. The molecule has 0 bridgehead atoms. The number of aliphatic imine (C=N–C) groups is 1. The maximum absolute atomic E-state index is 12.7. The molecule has 0 aromatic carbocycles. The van der Waals surface area contributed by atoms with E-state index in [-0.39, 0.29) is 12.5 Å². The number of aromatic nitrogens is 4. The minimum atomic E-state index is 0.0419. The van der Waals surface area contributed by atoms with E-state index in [1.807, 2.05) is 61.9 Å². The highest BCUT2D eigenvalue weighted by Gasteiger charge is 2.27. The van der Waals surface area contributed by atoms with Gasteiger partial charge in [0.25, 0.3) is 0 Å². The zero-order chi connectivity index (χ0) is 20.3. The zero-order valence-corrected chi connectivity index (χ0v) is 17.3. The molecule has 0 atom stereocenters. The minimum absolute atomic E-state index is 0.0419. The lowest BCUT2D eigenvalue weighted by Crippen LogP contribution is -2.55. The number of guanidine groups is 1. The highest BCUT2D eigenvalue weighted by atomic mass is 16.2. The van der Waals surface area contributed by atoms with Crippen LogP contribution in [0.2, 0.25) is 0 Å². The summed E-state index contributed by atoms with van der Waals surface area (Å²) in [7, 11) is 7.76. The highest BCUT2D eigenvalue weighted by Crippen LogP contribution is 2.16. The van der Waals surface area contributed by atoms with Gasteiger partial charge < -0.3 is 24.6 Å². The van der Waals surface area contributed by atoms with Crippen LogP contribution in [0.15, 0.2) is 23.6 Å². The topological polar surface area (TPSA) is 86.8 Å². The Morgan fingerprint density at radius 2 is 2.07 bits per heavy atom. The largest absolute Gasteiger partial charge is 0.356 e. The predicted molar refractivity (Wildman–Crippen MR) is 109 cm³/mol. The van der Waals surface area contributed by atoms with Gasteiger partial charge in [-0.1, -0.05) is 0 Å². The van der Waals surface area contributed by atoms with Crippen LogP contribution in [0.25, 0.3) is 0 Å². The quantitative estimate of drug-likeness (QED) is 0.576. The van der Waals surface area contributed by atoms with Gasteiger partial charge >= 0.3 is 0 Å². The number of nitrogens with one attached hydrogen (secondary N) is 1. The summed E-state index contributed by atoms with van der Waals surface area (Å²) in [6, 6.07) is 0. The molecule has 0 spiro atoms. The molecule has 3 heterocycles. The first-order valence-corrected chi connectivity index (χ1v) is 9.41. The Morgan fingerprint density at radius 1 is 1.29 bits per heavy atom. The Labute approximate surface area is 165 Å². The van der Waals surface area contributed by atoms with Crippen LogP contribution >= 0.6 is 0 Å². The molecular formula is C18H29N9O. The molecule has 3 rings (SSSR count). The SMILES string of the molecule is CCNC(=NCc1cnc(N(C)C)n1C)N1CCN(c2cnn(C)c2)C(=O)C1. The van der Waals surface area contributed by atoms with Gasteiger partial charge in [-0.05, 0) is 6.92 Å². The van der Waals surface area contributed by atoms with Crippen LogP contribution in [0.1, 0.15) is 12.6 Å². The van der Waals surface area contributed by atoms with Crippen molar-refractivity contribution in [3.05, 3.63) is 24.3 Å². The van der Waals surface area contributed by atoms with Gasteiger partial charge in [-0.2, -0.15) is 5.10 Å². The molecule has 0 unspecified atom stereocenters. The van der Waals surface area contributed by atoms with Crippen molar-refractivity contribution in [3.63, 3.8) is 0 Å². The minimum Gasteiger partial charge on any atom is -0.356 e. The number of hydrogen-bond acceptors (Lipinski definition) is 5. The van der Waals surface area contributed by atoms with Crippen molar-refractivity contribution in [2.75, 3.05) is 50.1 Å². The number of imidazole rings is 1. The Kier molecular flexibility index (Phi) is 5.86. The van der Waals surface area contributed by atoms with Crippen LogP contribution in [-0.4, -0.2) is 76.4 Å². The average molecular weight is 387 g/mol. The van der Waals surface area contributed by atoms with E-state index >= 15 is 0 Å². The Morgan fingerprint density at radius 3 is 2.64 bits per heavy atom. The fourth-order valence-corrected chi connectivity index (χ4v) is 3.25. The van der Waals surface area contributed by atoms with Crippen LogP contribution in [0.3, 0.4) is 0 Å². The van der Waals surface area contributed by atoms with E-state index in [2.05, 4.69) is 15.4 Å². The van der Waals surface area contributed by atoms with Crippen molar-refractivity contribution in [1.82, 2.24) is 29.5 Å². The highest BCUT2D eigenvalue weighted by molar-refractivity contribution is 5.98. The summed E-state index contributed by atoms with van der Waals surface area (Å²) in [6.45, 7) is 4.86. The summed E-state index contributed by atoms with van der Waals surface area (Å²) < 4.78 is 3.73. The first-order chi connectivity index (χ1) is 13.4. The molecular weight excluding hydrogens is 358 g/mol. The predicted octanol–water partition coefficient (Wildman–Crippen LogP) is 0.0339. The number of piperazine rings is 1. The van der Waals surface area contributed by atoms with E-state index in [0.29, 0.717) is 19.6 Å². The molecule has 1 saturated heterocycles. The van der Waals surface area contributed by atoms with Crippen LogP contribution in [0, 0.1) is 0 Å².